The van der Waals surface area contributed by atoms with Crippen molar-refractivity contribution in [2.24, 2.45) is 5.10 Å². The summed E-state index contributed by atoms with van der Waals surface area (Å²) in [7, 11) is 0. The molecule has 0 saturated carbocycles. The first-order chi connectivity index (χ1) is 16.1. The minimum absolute atomic E-state index is 0.115. The maximum atomic E-state index is 12.5. The molecule has 8 heteroatoms. The summed E-state index contributed by atoms with van der Waals surface area (Å²) >= 11 is 6.73. The van der Waals surface area contributed by atoms with Crippen LogP contribution in [0.15, 0.2) is 80.8 Å². The molecular formula is C26H24Br2N2O4. The molecule has 34 heavy (non-hydrogen) atoms. The van der Waals surface area contributed by atoms with Crippen LogP contribution in [-0.4, -0.2) is 24.7 Å². The minimum atomic E-state index is -0.501. The van der Waals surface area contributed by atoms with Crippen molar-refractivity contribution in [2.45, 2.75) is 26.2 Å². The van der Waals surface area contributed by atoms with Gasteiger partial charge in [0.1, 0.15) is 11.5 Å². The molecule has 0 atom stereocenters. The number of hydrogen-bond acceptors (Lipinski definition) is 5. The van der Waals surface area contributed by atoms with Gasteiger partial charge >= 0.3 is 5.97 Å². The second kappa shape index (κ2) is 11.4. The Balaban J connectivity index is 1.63. The molecule has 0 fully saturated rings. The summed E-state index contributed by atoms with van der Waals surface area (Å²) in [4.78, 5) is 24.7. The van der Waals surface area contributed by atoms with Crippen molar-refractivity contribution in [3.05, 3.63) is 92.4 Å². The number of hydrazone groups is 1. The molecular weight excluding hydrogens is 564 g/mol. The number of nitrogens with one attached hydrogen (secondary N) is 1. The fraction of sp³-hybridized carbons (Fsp3) is 0.192. The summed E-state index contributed by atoms with van der Waals surface area (Å²) in [5.41, 5.74) is 4.26. The van der Waals surface area contributed by atoms with Gasteiger partial charge in [-0.3, -0.25) is 4.79 Å². The lowest BCUT2D eigenvalue weighted by atomic mass is 9.86. The molecule has 3 aromatic rings. The standard InChI is InChI=1S/C26H24Br2N2O4/c1-26(2,3)21-6-4-5-7-23(21)33-16-24(31)30-29-15-18-14-20(28)12-13-22(18)34-25(32)17-8-10-19(27)11-9-17/h4-15H,16H2,1-3H3,(H,30,31). The quantitative estimate of drug-likeness (QED) is 0.153. The smallest absolute Gasteiger partial charge is 0.343 e. The molecule has 0 unspecified atom stereocenters. The average Bonchev–Trinajstić information content (AvgIpc) is 2.79. The number of nitrogens with zero attached hydrogens (tertiary/aromatic N) is 1. The summed E-state index contributed by atoms with van der Waals surface area (Å²) < 4.78 is 12.9. The van der Waals surface area contributed by atoms with E-state index in [0.717, 1.165) is 14.5 Å². The van der Waals surface area contributed by atoms with E-state index >= 15 is 0 Å². The third kappa shape index (κ3) is 7.27. The van der Waals surface area contributed by atoms with Crippen molar-refractivity contribution in [2.75, 3.05) is 6.61 Å². The van der Waals surface area contributed by atoms with Crippen molar-refractivity contribution < 1.29 is 19.1 Å². The van der Waals surface area contributed by atoms with Crippen LogP contribution < -0.4 is 14.9 Å². The normalized spacial score (nSPS) is 11.3. The van der Waals surface area contributed by atoms with E-state index in [2.05, 4.69) is 63.2 Å². The zero-order valence-electron chi connectivity index (χ0n) is 19.0. The molecule has 0 aliphatic rings. The average molecular weight is 588 g/mol. The molecule has 0 aliphatic carbocycles. The van der Waals surface area contributed by atoms with E-state index in [1.807, 2.05) is 24.3 Å². The topological polar surface area (TPSA) is 77.0 Å². The number of esters is 1. The maximum absolute atomic E-state index is 12.5. The molecule has 0 aromatic heterocycles. The monoisotopic (exact) mass is 586 g/mol. The van der Waals surface area contributed by atoms with Gasteiger partial charge in [0.15, 0.2) is 6.61 Å². The number of carbonyl (C=O) groups is 2. The Labute approximate surface area is 215 Å². The zero-order chi connectivity index (χ0) is 24.7. The molecule has 1 N–H and O–H groups in total. The number of ether oxygens (including phenoxy) is 2. The molecule has 0 spiro atoms. The van der Waals surface area contributed by atoms with Crippen molar-refractivity contribution in [1.29, 1.82) is 0 Å². The Morgan fingerprint density at radius 3 is 2.32 bits per heavy atom. The van der Waals surface area contributed by atoms with E-state index in [1.54, 1.807) is 42.5 Å². The number of para-hydroxylation sites is 1. The van der Waals surface area contributed by atoms with Crippen LogP contribution in [0.5, 0.6) is 11.5 Å². The Morgan fingerprint density at radius 1 is 0.941 bits per heavy atom. The number of amides is 1. The molecule has 3 rings (SSSR count). The van der Waals surface area contributed by atoms with Gasteiger partial charge in [0, 0.05) is 14.5 Å². The first-order valence-electron chi connectivity index (χ1n) is 10.4. The van der Waals surface area contributed by atoms with Crippen LogP contribution in [0.1, 0.15) is 42.3 Å². The summed E-state index contributed by atoms with van der Waals surface area (Å²) in [6.45, 7) is 6.06. The van der Waals surface area contributed by atoms with Crippen LogP contribution in [0.2, 0.25) is 0 Å². The Kier molecular flexibility index (Phi) is 8.63. The molecule has 0 bridgehead atoms. The first-order valence-corrected chi connectivity index (χ1v) is 12.0. The van der Waals surface area contributed by atoms with Crippen LogP contribution in [0.25, 0.3) is 0 Å². The Bertz CT molecular complexity index is 1200. The molecule has 176 valence electrons. The van der Waals surface area contributed by atoms with Gasteiger partial charge in [-0.2, -0.15) is 5.10 Å². The van der Waals surface area contributed by atoms with E-state index < -0.39 is 11.9 Å². The van der Waals surface area contributed by atoms with Gasteiger partial charge in [-0.25, -0.2) is 10.2 Å². The highest BCUT2D eigenvalue weighted by Gasteiger charge is 2.19. The fourth-order valence-corrected chi connectivity index (χ4v) is 3.66. The van der Waals surface area contributed by atoms with Gasteiger partial charge in [0.05, 0.1) is 11.8 Å². The van der Waals surface area contributed by atoms with Crippen molar-refractivity contribution in [3.8, 4) is 11.5 Å². The van der Waals surface area contributed by atoms with Crippen LogP contribution in [0.3, 0.4) is 0 Å². The second-order valence-corrected chi connectivity index (χ2v) is 10.2. The fourth-order valence-electron chi connectivity index (χ4n) is 3.02. The summed E-state index contributed by atoms with van der Waals surface area (Å²) in [6.07, 6.45) is 1.41. The van der Waals surface area contributed by atoms with Crippen LogP contribution in [-0.2, 0) is 10.2 Å². The van der Waals surface area contributed by atoms with Crippen LogP contribution in [0, 0.1) is 0 Å². The number of rotatable bonds is 7. The van der Waals surface area contributed by atoms with Crippen LogP contribution >= 0.6 is 31.9 Å². The maximum Gasteiger partial charge on any atom is 0.343 e. The lowest BCUT2D eigenvalue weighted by Crippen LogP contribution is -2.25. The molecule has 3 aromatic carbocycles. The zero-order valence-corrected chi connectivity index (χ0v) is 22.1. The van der Waals surface area contributed by atoms with E-state index in [0.29, 0.717) is 22.6 Å². The lowest BCUT2D eigenvalue weighted by molar-refractivity contribution is -0.123. The number of halogens is 2. The summed E-state index contributed by atoms with van der Waals surface area (Å²) in [6, 6.07) is 19.6. The molecule has 0 saturated heterocycles. The SMILES string of the molecule is CC(C)(C)c1ccccc1OCC(=O)NN=Cc1cc(Br)ccc1OC(=O)c1ccc(Br)cc1. The van der Waals surface area contributed by atoms with Gasteiger partial charge in [-0.05, 0) is 59.5 Å². The largest absolute Gasteiger partial charge is 0.483 e. The highest BCUT2D eigenvalue weighted by molar-refractivity contribution is 9.10. The molecule has 0 radical (unpaired) electrons. The van der Waals surface area contributed by atoms with Crippen molar-refractivity contribution in [1.82, 2.24) is 5.43 Å². The summed E-state index contributed by atoms with van der Waals surface area (Å²) in [5, 5.41) is 4.00. The summed E-state index contributed by atoms with van der Waals surface area (Å²) in [5.74, 6) is 0.0514. The predicted molar refractivity (Wildman–Crippen MR) is 140 cm³/mol. The van der Waals surface area contributed by atoms with E-state index in [1.165, 1.54) is 6.21 Å². The Morgan fingerprint density at radius 2 is 1.62 bits per heavy atom. The van der Waals surface area contributed by atoms with E-state index in [4.69, 9.17) is 9.47 Å². The lowest BCUT2D eigenvalue weighted by Gasteiger charge is -2.22. The molecule has 0 heterocycles. The second-order valence-electron chi connectivity index (χ2n) is 8.41. The van der Waals surface area contributed by atoms with E-state index in [9.17, 15) is 9.59 Å². The Hall–Kier alpha value is -2.97. The molecule has 6 nitrogen and oxygen atoms in total. The molecule has 1 amide bonds. The molecule has 0 aliphatic heterocycles. The highest BCUT2D eigenvalue weighted by Crippen LogP contribution is 2.30. The van der Waals surface area contributed by atoms with Gasteiger partial charge in [0.25, 0.3) is 5.91 Å². The van der Waals surface area contributed by atoms with Gasteiger partial charge in [-0.15, -0.1) is 0 Å². The van der Waals surface area contributed by atoms with Crippen molar-refractivity contribution in [3.63, 3.8) is 0 Å². The third-order valence-corrected chi connectivity index (χ3v) is 5.72. The van der Waals surface area contributed by atoms with Gasteiger partial charge < -0.3 is 9.47 Å². The number of carbonyl (C=O) groups excluding carboxylic acids is 2. The number of hydrogen-bond donors (Lipinski definition) is 1. The van der Waals surface area contributed by atoms with Crippen molar-refractivity contribution >= 4 is 50.0 Å². The predicted octanol–water partition coefficient (Wildman–Crippen LogP) is 6.26. The highest BCUT2D eigenvalue weighted by atomic mass is 79.9. The third-order valence-electron chi connectivity index (χ3n) is 4.70. The minimum Gasteiger partial charge on any atom is -0.483 e. The van der Waals surface area contributed by atoms with Gasteiger partial charge in [0.2, 0.25) is 0 Å². The first kappa shape index (κ1) is 25.6. The van der Waals surface area contributed by atoms with Crippen LogP contribution in [0.4, 0.5) is 0 Å². The van der Waals surface area contributed by atoms with Gasteiger partial charge in [-0.1, -0.05) is 70.8 Å². The van der Waals surface area contributed by atoms with E-state index in [-0.39, 0.29) is 12.0 Å². The number of benzene rings is 3.